The summed E-state index contributed by atoms with van der Waals surface area (Å²) in [6.07, 6.45) is 0. The Bertz CT molecular complexity index is 647. The first-order valence-electron chi connectivity index (χ1n) is 6.44. The molecule has 0 aliphatic carbocycles. The Morgan fingerprint density at radius 3 is 2.67 bits per heavy atom. The van der Waals surface area contributed by atoms with Gasteiger partial charge in [-0.05, 0) is 31.2 Å². The van der Waals surface area contributed by atoms with Crippen LogP contribution < -0.4 is 5.32 Å². The summed E-state index contributed by atoms with van der Waals surface area (Å²) in [7, 11) is 0. The van der Waals surface area contributed by atoms with Crippen LogP contribution in [-0.4, -0.2) is 23.7 Å². The first-order chi connectivity index (χ1) is 10.1. The van der Waals surface area contributed by atoms with Gasteiger partial charge in [0.1, 0.15) is 5.76 Å². The number of nitrogens with one attached hydrogen (secondary N) is 1. The number of para-hydroxylation sites is 1. The lowest BCUT2D eigenvalue weighted by molar-refractivity contribution is 0.0527. The van der Waals surface area contributed by atoms with Gasteiger partial charge < -0.3 is 19.6 Å². The molecule has 1 heterocycles. The fourth-order valence-corrected chi connectivity index (χ4v) is 1.79. The van der Waals surface area contributed by atoms with Crippen molar-refractivity contribution in [1.82, 2.24) is 0 Å². The fraction of sp³-hybridized carbons (Fsp3) is 0.200. The van der Waals surface area contributed by atoms with Gasteiger partial charge in [-0.1, -0.05) is 12.1 Å². The smallest absolute Gasteiger partial charge is 0.371 e. The molecule has 1 aromatic carbocycles. The first-order valence-corrected chi connectivity index (χ1v) is 6.44. The van der Waals surface area contributed by atoms with E-state index >= 15 is 0 Å². The Morgan fingerprint density at radius 1 is 1.24 bits per heavy atom. The lowest BCUT2D eigenvalue weighted by Crippen LogP contribution is -2.09. The summed E-state index contributed by atoms with van der Waals surface area (Å²) in [5.74, 6) is -1.18. The van der Waals surface area contributed by atoms with Crippen LogP contribution in [0.2, 0.25) is 0 Å². The van der Waals surface area contributed by atoms with Gasteiger partial charge in [0.15, 0.2) is 0 Å². The molecule has 0 spiro atoms. The highest BCUT2D eigenvalue weighted by molar-refractivity contribution is 5.95. The Kier molecular flexibility index (Phi) is 4.61. The van der Waals surface area contributed by atoms with Crippen LogP contribution in [0.1, 0.15) is 33.6 Å². The number of furan rings is 1. The molecule has 2 aromatic rings. The Balaban J connectivity index is 2.09. The average Bonchev–Trinajstić information content (AvgIpc) is 2.95. The van der Waals surface area contributed by atoms with E-state index in [1.807, 2.05) is 0 Å². The number of aromatic carboxylic acids is 1. The minimum Gasteiger partial charge on any atom is -0.475 e. The van der Waals surface area contributed by atoms with E-state index in [2.05, 4.69) is 5.32 Å². The summed E-state index contributed by atoms with van der Waals surface area (Å²) in [6, 6.07) is 9.89. The summed E-state index contributed by atoms with van der Waals surface area (Å²) in [5, 5.41) is 11.8. The van der Waals surface area contributed by atoms with Gasteiger partial charge in [-0.25, -0.2) is 9.59 Å². The van der Waals surface area contributed by atoms with E-state index in [1.54, 1.807) is 37.3 Å². The average molecular weight is 289 g/mol. The van der Waals surface area contributed by atoms with Crippen molar-refractivity contribution < 1.29 is 23.8 Å². The maximum atomic E-state index is 11.8. The normalized spacial score (nSPS) is 10.1. The topological polar surface area (TPSA) is 88.8 Å². The molecule has 0 unspecified atom stereocenters. The van der Waals surface area contributed by atoms with Crippen LogP contribution in [0, 0.1) is 0 Å². The lowest BCUT2D eigenvalue weighted by atomic mass is 10.2. The molecule has 0 amide bonds. The summed E-state index contributed by atoms with van der Waals surface area (Å²) in [4.78, 5) is 22.5. The highest BCUT2D eigenvalue weighted by Gasteiger charge is 2.13. The molecule has 6 heteroatoms. The number of esters is 1. The van der Waals surface area contributed by atoms with Gasteiger partial charge in [-0.3, -0.25) is 0 Å². The van der Waals surface area contributed by atoms with Crippen molar-refractivity contribution in [3.05, 3.63) is 53.5 Å². The van der Waals surface area contributed by atoms with E-state index < -0.39 is 11.9 Å². The van der Waals surface area contributed by atoms with Gasteiger partial charge in [-0.15, -0.1) is 0 Å². The number of anilines is 1. The zero-order valence-electron chi connectivity index (χ0n) is 11.5. The van der Waals surface area contributed by atoms with Gasteiger partial charge in [0.05, 0.1) is 18.7 Å². The summed E-state index contributed by atoms with van der Waals surface area (Å²) in [5.41, 5.74) is 1.02. The second-order valence-electron chi connectivity index (χ2n) is 4.19. The molecule has 21 heavy (non-hydrogen) atoms. The van der Waals surface area contributed by atoms with Gasteiger partial charge in [0, 0.05) is 5.69 Å². The second kappa shape index (κ2) is 6.60. The summed E-state index contributed by atoms with van der Waals surface area (Å²) >= 11 is 0. The molecule has 0 bridgehead atoms. The molecule has 6 nitrogen and oxygen atoms in total. The SMILES string of the molecule is CCOC(=O)c1ccccc1NCc1ccc(C(=O)O)o1. The van der Waals surface area contributed by atoms with Crippen molar-refractivity contribution in [2.75, 3.05) is 11.9 Å². The third-order valence-corrected chi connectivity index (χ3v) is 2.75. The molecule has 1 aromatic heterocycles. The number of carbonyl (C=O) groups excluding carboxylic acids is 1. The maximum absolute atomic E-state index is 11.8. The molecule has 0 radical (unpaired) electrons. The number of carboxylic acids is 1. The quantitative estimate of drug-likeness (QED) is 0.795. The second-order valence-corrected chi connectivity index (χ2v) is 4.19. The molecular formula is C15H15NO5. The van der Waals surface area contributed by atoms with Crippen LogP contribution in [0.3, 0.4) is 0 Å². The number of hydrogen-bond donors (Lipinski definition) is 2. The number of carbonyl (C=O) groups is 2. The lowest BCUT2D eigenvalue weighted by Gasteiger charge is -2.10. The van der Waals surface area contributed by atoms with Gasteiger partial charge >= 0.3 is 11.9 Å². The number of rotatable bonds is 6. The van der Waals surface area contributed by atoms with E-state index in [0.29, 0.717) is 23.6 Å². The predicted octanol–water partition coefficient (Wildman–Crippen LogP) is 2.77. The Labute approximate surface area is 121 Å². The molecule has 0 saturated heterocycles. The Hall–Kier alpha value is -2.76. The van der Waals surface area contributed by atoms with Gasteiger partial charge in [0.25, 0.3) is 0 Å². The summed E-state index contributed by atoms with van der Waals surface area (Å²) < 4.78 is 10.1. The zero-order valence-corrected chi connectivity index (χ0v) is 11.5. The van der Waals surface area contributed by atoms with Crippen LogP contribution in [0.4, 0.5) is 5.69 Å². The number of benzene rings is 1. The molecule has 2 N–H and O–H groups in total. The van der Waals surface area contributed by atoms with Crippen LogP contribution in [-0.2, 0) is 11.3 Å². The van der Waals surface area contributed by atoms with Crippen molar-refractivity contribution in [1.29, 1.82) is 0 Å². The highest BCUT2D eigenvalue weighted by Crippen LogP contribution is 2.18. The monoisotopic (exact) mass is 289 g/mol. The van der Waals surface area contributed by atoms with Gasteiger partial charge in [-0.2, -0.15) is 0 Å². The molecule has 0 fully saturated rings. The van der Waals surface area contributed by atoms with E-state index in [-0.39, 0.29) is 12.3 Å². The predicted molar refractivity (Wildman–Crippen MR) is 75.4 cm³/mol. The van der Waals surface area contributed by atoms with E-state index in [9.17, 15) is 9.59 Å². The van der Waals surface area contributed by atoms with Crippen molar-refractivity contribution >= 4 is 17.6 Å². The van der Waals surface area contributed by atoms with Crippen molar-refractivity contribution in [2.24, 2.45) is 0 Å². The van der Waals surface area contributed by atoms with Crippen LogP contribution in [0.25, 0.3) is 0 Å². The van der Waals surface area contributed by atoms with Crippen molar-refractivity contribution in [2.45, 2.75) is 13.5 Å². The molecule has 0 aliphatic heterocycles. The molecule has 2 rings (SSSR count). The fourth-order valence-electron chi connectivity index (χ4n) is 1.79. The third kappa shape index (κ3) is 3.62. The minimum atomic E-state index is -1.12. The number of carboxylic acid groups (broad SMARTS) is 1. The molecule has 0 aliphatic rings. The number of ether oxygens (including phenoxy) is 1. The van der Waals surface area contributed by atoms with Crippen LogP contribution in [0.5, 0.6) is 0 Å². The third-order valence-electron chi connectivity index (χ3n) is 2.75. The molecule has 110 valence electrons. The van der Waals surface area contributed by atoms with Crippen molar-refractivity contribution in [3.8, 4) is 0 Å². The Morgan fingerprint density at radius 2 is 2.00 bits per heavy atom. The molecule has 0 saturated carbocycles. The van der Waals surface area contributed by atoms with Crippen LogP contribution >= 0.6 is 0 Å². The highest BCUT2D eigenvalue weighted by atomic mass is 16.5. The van der Waals surface area contributed by atoms with Crippen LogP contribution in [0.15, 0.2) is 40.8 Å². The van der Waals surface area contributed by atoms with E-state index in [0.717, 1.165) is 0 Å². The number of hydrogen-bond acceptors (Lipinski definition) is 5. The van der Waals surface area contributed by atoms with Crippen molar-refractivity contribution in [3.63, 3.8) is 0 Å². The van der Waals surface area contributed by atoms with Gasteiger partial charge in [0.2, 0.25) is 5.76 Å². The summed E-state index contributed by atoms with van der Waals surface area (Å²) in [6.45, 7) is 2.31. The first kappa shape index (κ1) is 14.6. The molecule has 0 atom stereocenters. The molecular weight excluding hydrogens is 274 g/mol. The maximum Gasteiger partial charge on any atom is 0.371 e. The standard InChI is InChI=1S/C15H15NO5/c1-2-20-15(19)11-5-3-4-6-12(11)16-9-10-7-8-13(21-10)14(17)18/h3-8,16H,2,9H2,1H3,(H,17,18). The minimum absolute atomic E-state index is 0.120. The largest absolute Gasteiger partial charge is 0.475 e. The van der Waals surface area contributed by atoms with E-state index in [1.165, 1.54) is 6.07 Å². The van der Waals surface area contributed by atoms with E-state index in [4.69, 9.17) is 14.3 Å². The zero-order chi connectivity index (χ0) is 15.2.